The van der Waals surface area contributed by atoms with Crippen molar-refractivity contribution < 1.29 is 19.4 Å². The molecule has 1 amide bonds. The van der Waals surface area contributed by atoms with Crippen molar-refractivity contribution in [2.75, 3.05) is 0 Å². The number of carbonyl (C=O) groups is 2. The van der Waals surface area contributed by atoms with Crippen molar-refractivity contribution in [3.05, 3.63) is 0 Å². The van der Waals surface area contributed by atoms with Gasteiger partial charge in [0.15, 0.2) is 0 Å². The smallest absolute Gasteiger partial charge is 0.408 e. The summed E-state index contributed by atoms with van der Waals surface area (Å²) in [7, 11) is 0. The van der Waals surface area contributed by atoms with E-state index in [0.717, 1.165) is 12.8 Å². The van der Waals surface area contributed by atoms with E-state index in [1.807, 2.05) is 20.8 Å². The first kappa shape index (κ1) is 13.2. The molecule has 0 aromatic carbocycles. The van der Waals surface area contributed by atoms with Gasteiger partial charge in [-0.1, -0.05) is 0 Å². The van der Waals surface area contributed by atoms with Crippen LogP contribution in [0.1, 0.15) is 52.9 Å². The maximum Gasteiger partial charge on any atom is 0.408 e. The molecule has 0 aliphatic heterocycles. The molecule has 2 saturated carbocycles. The molecule has 5 heteroatoms. The molecule has 0 atom stereocenters. The molecule has 2 aliphatic rings. The van der Waals surface area contributed by atoms with E-state index < -0.39 is 23.1 Å². The zero-order valence-electron chi connectivity index (χ0n) is 11.2. The predicted molar refractivity (Wildman–Crippen MR) is 65.3 cm³/mol. The molecule has 2 bridgehead atoms. The fourth-order valence-electron chi connectivity index (χ4n) is 3.19. The van der Waals surface area contributed by atoms with E-state index in [0.29, 0.717) is 19.3 Å². The van der Waals surface area contributed by atoms with Gasteiger partial charge >= 0.3 is 12.1 Å². The van der Waals surface area contributed by atoms with Crippen LogP contribution < -0.4 is 5.32 Å². The van der Waals surface area contributed by atoms with Crippen LogP contribution in [-0.4, -0.2) is 28.3 Å². The number of carboxylic acid groups (broad SMARTS) is 1. The fraction of sp³-hybridized carbons (Fsp3) is 0.846. The Morgan fingerprint density at radius 2 is 1.72 bits per heavy atom. The first-order valence-corrected chi connectivity index (χ1v) is 6.41. The SMILES string of the molecule is CC(C)(C)OC(=O)NC12CCC(C(=O)O)(CC1)C2. The maximum absolute atomic E-state index is 11.8. The minimum atomic E-state index is -0.729. The Morgan fingerprint density at radius 1 is 1.17 bits per heavy atom. The molecule has 18 heavy (non-hydrogen) atoms. The third-order valence-corrected chi connectivity index (χ3v) is 4.06. The summed E-state index contributed by atoms with van der Waals surface area (Å²) in [6.07, 6.45) is 2.87. The number of carboxylic acids is 1. The highest BCUT2D eigenvalue weighted by Crippen LogP contribution is 2.56. The Balaban J connectivity index is 2.00. The third kappa shape index (κ3) is 2.31. The van der Waals surface area contributed by atoms with Crippen molar-refractivity contribution in [2.45, 2.75) is 64.0 Å². The lowest BCUT2D eigenvalue weighted by Gasteiger charge is -2.29. The number of carbonyl (C=O) groups excluding carboxylic acids is 1. The zero-order valence-corrected chi connectivity index (χ0v) is 11.2. The molecule has 0 saturated heterocycles. The van der Waals surface area contributed by atoms with E-state index in [-0.39, 0.29) is 5.54 Å². The molecule has 2 N–H and O–H groups in total. The van der Waals surface area contributed by atoms with Crippen LogP contribution in [-0.2, 0) is 9.53 Å². The Labute approximate surface area is 107 Å². The van der Waals surface area contributed by atoms with Crippen LogP contribution >= 0.6 is 0 Å². The number of aliphatic carboxylic acids is 1. The largest absolute Gasteiger partial charge is 0.481 e. The molecular formula is C13H21NO4. The van der Waals surface area contributed by atoms with Crippen molar-refractivity contribution in [3.63, 3.8) is 0 Å². The molecule has 2 fully saturated rings. The molecule has 2 aliphatic carbocycles. The standard InChI is InChI=1S/C13H21NO4/c1-11(2,3)18-10(17)14-13-6-4-12(8-13,5-7-13)9(15)16/h4-8H2,1-3H3,(H,14,17)(H,15,16). The first-order chi connectivity index (χ1) is 8.17. The molecule has 0 heterocycles. The number of hydrogen-bond donors (Lipinski definition) is 2. The number of fused-ring (bicyclic) bond motifs is 2. The predicted octanol–water partition coefficient (Wildman–Crippen LogP) is 2.30. The summed E-state index contributed by atoms with van der Waals surface area (Å²) in [5.74, 6) is -0.729. The molecular weight excluding hydrogens is 234 g/mol. The number of amides is 1. The van der Waals surface area contributed by atoms with Gasteiger partial charge in [-0.2, -0.15) is 0 Å². The minimum Gasteiger partial charge on any atom is -0.481 e. The van der Waals surface area contributed by atoms with E-state index in [2.05, 4.69) is 5.32 Å². The second-order valence-corrected chi connectivity index (χ2v) is 6.67. The van der Waals surface area contributed by atoms with E-state index in [1.54, 1.807) is 0 Å². The molecule has 0 aromatic rings. The molecule has 0 radical (unpaired) electrons. The van der Waals surface area contributed by atoms with Crippen molar-refractivity contribution in [1.29, 1.82) is 0 Å². The van der Waals surface area contributed by atoms with Gasteiger partial charge in [0, 0.05) is 5.54 Å². The zero-order chi connectivity index (χ0) is 13.6. The summed E-state index contributed by atoms with van der Waals surface area (Å²) in [4.78, 5) is 23.1. The van der Waals surface area contributed by atoms with Gasteiger partial charge in [0.1, 0.15) is 5.60 Å². The van der Waals surface area contributed by atoms with Gasteiger partial charge in [-0.05, 0) is 52.9 Å². The number of hydrogen-bond acceptors (Lipinski definition) is 3. The van der Waals surface area contributed by atoms with Gasteiger partial charge in [0.25, 0.3) is 0 Å². The summed E-state index contributed by atoms with van der Waals surface area (Å²) in [5.41, 5.74) is -1.50. The quantitative estimate of drug-likeness (QED) is 0.793. The Morgan fingerprint density at radius 3 is 2.11 bits per heavy atom. The van der Waals surface area contributed by atoms with Crippen LogP contribution in [0, 0.1) is 5.41 Å². The summed E-state index contributed by atoms with van der Waals surface area (Å²) in [6.45, 7) is 5.44. The van der Waals surface area contributed by atoms with Crippen molar-refractivity contribution >= 4 is 12.1 Å². The van der Waals surface area contributed by atoms with Crippen molar-refractivity contribution in [1.82, 2.24) is 5.32 Å². The molecule has 2 rings (SSSR count). The van der Waals surface area contributed by atoms with Crippen molar-refractivity contribution in [3.8, 4) is 0 Å². The van der Waals surface area contributed by atoms with E-state index >= 15 is 0 Å². The van der Waals surface area contributed by atoms with Crippen LogP contribution in [0.3, 0.4) is 0 Å². The Bertz CT molecular complexity index is 375. The highest BCUT2D eigenvalue weighted by Gasteiger charge is 2.59. The Kier molecular flexibility index (Phi) is 2.83. The van der Waals surface area contributed by atoms with Gasteiger partial charge in [-0.3, -0.25) is 4.79 Å². The lowest BCUT2D eigenvalue weighted by Crippen LogP contribution is -2.47. The van der Waals surface area contributed by atoms with Crippen LogP contribution in [0.5, 0.6) is 0 Å². The number of ether oxygens (including phenoxy) is 1. The summed E-state index contributed by atoms with van der Waals surface area (Å²) >= 11 is 0. The minimum absolute atomic E-state index is 0.360. The highest BCUT2D eigenvalue weighted by atomic mass is 16.6. The van der Waals surface area contributed by atoms with Gasteiger partial charge in [0.2, 0.25) is 0 Å². The summed E-state index contributed by atoms with van der Waals surface area (Å²) in [6, 6.07) is 0. The number of alkyl carbamates (subject to hydrolysis) is 1. The van der Waals surface area contributed by atoms with Gasteiger partial charge in [-0.15, -0.1) is 0 Å². The summed E-state index contributed by atoms with van der Waals surface area (Å²) < 4.78 is 5.24. The second-order valence-electron chi connectivity index (χ2n) is 6.67. The normalized spacial score (nSPS) is 34.4. The Hall–Kier alpha value is -1.26. The molecule has 0 unspecified atom stereocenters. The van der Waals surface area contributed by atoms with Crippen molar-refractivity contribution in [2.24, 2.45) is 5.41 Å². The second kappa shape index (κ2) is 3.87. The van der Waals surface area contributed by atoms with Gasteiger partial charge in [0.05, 0.1) is 5.41 Å². The van der Waals surface area contributed by atoms with E-state index in [1.165, 1.54) is 0 Å². The number of nitrogens with one attached hydrogen (secondary N) is 1. The average Bonchev–Trinajstić information content (AvgIpc) is 2.70. The number of rotatable bonds is 2. The van der Waals surface area contributed by atoms with Crippen LogP contribution in [0.2, 0.25) is 0 Å². The monoisotopic (exact) mass is 255 g/mol. The van der Waals surface area contributed by atoms with E-state index in [4.69, 9.17) is 4.74 Å². The molecule has 0 spiro atoms. The molecule has 5 nitrogen and oxygen atoms in total. The molecule has 0 aromatic heterocycles. The van der Waals surface area contributed by atoms with E-state index in [9.17, 15) is 14.7 Å². The van der Waals surface area contributed by atoms with Gasteiger partial charge in [-0.25, -0.2) is 4.79 Å². The van der Waals surface area contributed by atoms with Crippen LogP contribution in [0.15, 0.2) is 0 Å². The lowest BCUT2D eigenvalue weighted by molar-refractivity contribution is -0.148. The van der Waals surface area contributed by atoms with Crippen LogP contribution in [0.4, 0.5) is 4.79 Å². The average molecular weight is 255 g/mol. The molecule has 102 valence electrons. The third-order valence-electron chi connectivity index (χ3n) is 4.06. The maximum atomic E-state index is 11.8. The van der Waals surface area contributed by atoms with Gasteiger partial charge < -0.3 is 15.2 Å². The first-order valence-electron chi connectivity index (χ1n) is 6.41. The fourth-order valence-corrected chi connectivity index (χ4v) is 3.19. The topological polar surface area (TPSA) is 75.6 Å². The highest BCUT2D eigenvalue weighted by molar-refractivity contribution is 5.77. The summed E-state index contributed by atoms with van der Waals surface area (Å²) in [5, 5.41) is 12.2. The van der Waals surface area contributed by atoms with Crippen LogP contribution in [0.25, 0.3) is 0 Å². The lowest BCUT2D eigenvalue weighted by atomic mass is 9.84.